The Labute approximate surface area is 191 Å². The Morgan fingerprint density at radius 1 is 1.17 bits per heavy atom. The summed E-state index contributed by atoms with van der Waals surface area (Å²) in [6, 6.07) is 18.7. The highest BCUT2D eigenvalue weighted by Crippen LogP contribution is 2.34. The van der Waals surface area contributed by atoms with Crippen LogP contribution in [0.1, 0.15) is 30.6 Å². The van der Waals surface area contributed by atoms with Crippen molar-refractivity contribution in [2.75, 3.05) is 33.9 Å². The lowest BCUT2D eigenvalue weighted by atomic mass is 9.95. The van der Waals surface area contributed by atoms with Crippen molar-refractivity contribution < 1.29 is 9.47 Å². The van der Waals surface area contributed by atoms with E-state index in [4.69, 9.17) is 14.5 Å². The number of nitrogens with one attached hydrogen (secondary N) is 1. The van der Waals surface area contributed by atoms with E-state index in [1.807, 2.05) is 18.2 Å². The molecule has 6 heteroatoms. The molecule has 1 fully saturated rings. The summed E-state index contributed by atoms with van der Waals surface area (Å²) >= 11 is 0. The fraction of sp³-hybridized carbons (Fsp3) is 0.435. The van der Waals surface area contributed by atoms with Crippen LogP contribution in [-0.2, 0) is 11.3 Å². The van der Waals surface area contributed by atoms with Gasteiger partial charge in [-0.15, -0.1) is 24.0 Å². The van der Waals surface area contributed by atoms with Gasteiger partial charge in [0.2, 0.25) is 0 Å². The second-order valence-electron chi connectivity index (χ2n) is 7.15. The second kappa shape index (κ2) is 12.0. The van der Waals surface area contributed by atoms with Crippen molar-refractivity contribution >= 4 is 29.9 Å². The minimum Gasteiger partial charge on any atom is -0.497 e. The summed E-state index contributed by atoms with van der Waals surface area (Å²) in [7, 11) is 3.76. The van der Waals surface area contributed by atoms with E-state index >= 15 is 0 Å². The van der Waals surface area contributed by atoms with Crippen LogP contribution in [0.25, 0.3) is 0 Å². The first kappa shape index (κ1) is 23.5. The molecule has 5 nitrogen and oxygen atoms in total. The average Bonchev–Trinajstić information content (AvgIpc) is 3.21. The first-order chi connectivity index (χ1) is 13.7. The molecule has 0 aliphatic carbocycles. The first-order valence-corrected chi connectivity index (χ1v) is 10.00. The van der Waals surface area contributed by atoms with Crippen LogP contribution in [0.4, 0.5) is 0 Å². The Morgan fingerprint density at radius 3 is 2.55 bits per heavy atom. The maximum atomic E-state index is 6.01. The third-order valence-corrected chi connectivity index (χ3v) is 5.09. The molecule has 2 aromatic rings. The van der Waals surface area contributed by atoms with Gasteiger partial charge in [0.25, 0.3) is 0 Å². The number of hydrogen-bond donors (Lipinski definition) is 1. The molecule has 2 unspecified atom stereocenters. The van der Waals surface area contributed by atoms with Gasteiger partial charge in [-0.05, 0) is 36.6 Å². The number of benzene rings is 2. The summed E-state index contributed by atoms with van der Waals surface area (Å²) in [4.78, 5) is 7.09. The molecule has 29 heavy (non-hydrogen) atoms. The predicted octanol–water partition coefficient (Wildman–Crippen LogP) is 4.49. The van der Waals surface area contributed by atoms with Crippen LogP contribution >= 0.6 is 24.0 Å². The molecule has 0 bridgehead atoms. The van der Waals surface area contributed by atoms with Crippen LogP contribution in [0.3, 0.4) is 0 Å². The van der Waals surface area contributed by atoms with Gasteiger partial charge < -0.3 is 19.7 Å². The zero-order chi connectivity index (χ0) is 19.8. The first-order valence-electron chi connectivity index (χ1n) is 10.00. The fourth-order valence-electron chi connectivity index (χ4n) is 3.59. The molecule has 1 aliphatic rings. The number of hydrogen-bond acceptors (Lipinski definition) is 3. The second-order valence-corrected chi connectivity index (χ2v) is 7.15. The molecule has 1 heterocycles. The number of nitrogens with zero attached hydrogens (tertiary/aromatic N) is 2. The van der Waals surface area contributed by atoms with Crippen molar-refractivity contribution in [1.82, 2.24) is 10.2 Å². The highest BCUT2D eigenvalue weighted by atomic mass is 127. The minimum absolute atomic E-state index is 0. The molecular formula is C23H32IN3O2. The molecule has 3 rings (SSSR count). The fourth-order valence-corrected chi connectivity index (χ4v) is 3.59. The van der Waals surface area contributed by atoms with Crippen LogP contribution in [0, 0.1) is 5.92 Å². The minimum atomic E-state index is 0. The molecule has 0 aromatic heterocycles. The van der Waals surface area contributed by atoms with Crippen molar-refractivity contribution in [3.05, 3.63) is 65.7 Å². The number of guanidine groups is 1. The van der Waals surface area contributed by atoms with E-state index in [1.54, 1.807) is 7.11 Å². The van der Waals surface area contributed by atoms with Crippen molar-refractivity contribution in [2.24, 2.45) is 10.9 Å². The monoisotopic (exact) mass is 509 g/mol. The lowest BCUT2D eigenvalue weighted by Crippen LogP contribution is -2.38. The Bertz CT molecular complexity index is 752. The third-order valence-electron chi connectivity index (χ3n) is 5.09. The maximum absolute atomic E-state index is 6.01. The normalized spacial score (nSPS) is 18.8. The third kappa shape index (κ3) is 6.60. The molecule has 2 aromatic carbocycles. The molecular weight excluding hydrogens is 477 g/mol. The van der Waals surface area contributed by atoms with E-state index in [-0.39, 0.29) is 30.1 Å². The van der Waals surface area contributed by atoms with Gasteiger partial charge in [-0.2, -0.15) is 0 Å². The van der Waals surface area contributed by atoms with Crippen molar-refractivity contribution in [2.45, 2.75) is 26.0 Å². The predicted molar refractivity (Wildman–Crippen MR) is 129 cm³/mol. The van der Waals surface area contributed by atoms with E-state index in [0.717, 1.165) is 44.4 Å². The van der Waals surface area contributed by atoms with Gasteiger partial charge in [0.1, 0.15) is 5.75 Å². The zero-order valence-corrected chi connectivity index (χ0v) is 19.8. The summed E-state index contributed by atoms with van der Waals surface area (Å²) in [6.45, 7) is 5.29. The van der Waals surface area contributed by atoms with Crippen molar-refractivity contribution in [3.8, 4) is 5.75 Å². The van der Waals surface area contributed by atoms with Gasteiger partial charge in [-0.1, -0.05) is 42.5 Å². The molecule has 1 N–H and O–H groups in total. The van der Waals surface area contributed by atoms with E-state index in [0.29, 0.717) is 5.92 Å². The van der Waals surface area contributed by atoms with Crippen molar-refractivity contribution in [1.29, 1.82) is 0 Å². The standard InChI is InChI=1S/C23H31N3O2.HI/c1-4-24-23(26(2)17-18-10-12-21(27-3)13-11-18)25-16-20-14-15-28-22(20)19-8-6-5-7-9-19;/h5-13,20,22H,4,14-17H2,1-3H3,(H,24,25);1H. The number of rotatable bonds is 7. The Balaban J connectivity index is 0.00000300. The molecule has 0 saturated carbocycles. The molecule has 1 aliphatic heterocycles. The maximum Gasteiger partial charge on any atom is 0.193 e. The molecule has 2 atom stereocenters. The number of aliphatic imine (C=N–C) groups is 1. The largest absolute Gasteiger partial charge is 0.497 e. The summed E-state index contributed by atoms with van der Waals surface area (Å²) in [5.41, 5.74) is 2.47. The highest BCUT2D eigenvalue weighted by molar-refractivity contribution is 14.0. The van der Waals surface area contributed by atoms with Gasteiger partial charge >= 0.3 is 0 Å². The summed E-state index contributed by atoms with van der Waals surface area (Å²) in [5, 5.41) is 3.41. The Hall–Kier alpha value is -1.80. The number of halogens is 1. The molecule has 0 spiro atoms. The van der Waals surface area contributed by atoms with Crippen molar-refractivity contribution in [3.63, 3.8) is 0 Å². The van der Waals surface area contributed by atoms with Gasteiger partial charge in [-0.3, -0.25) is 4.99 Å². The smallest absolute Gasteiger partial charge is 0.193 e. The van der Waals surface area contributed by atoms with E-state index < -0.39 is 0 Å². The molecule has 0 radical (unpaired) electrons. The summed E-state index contributed by atoms with van der Waals surface area (Å²) in [5.74, 6) is 2.21. The topological polar surface area (TPSA) is 46.1 Å². The number of ether oxygens (including phenoxy) is 2. The van der Waals surface area contributed by atoms with Gasteiger partial charge in [0, 0.05) is 39.2 Å². The van der Waals surface area contributed by atoms with Crippen LogP contribution in [0.5, 0.6) is 5.75 Å². The summed E-state index contributed by atoms with van der Waals surface area (Å²) < 4.78 is 11.2. The molecule has 1 saturated heterocycles. The van der Waals surface area contributed by atoms with Crippen LogP contribution < -0.4 is 10.1 Å². The lowest BCUT2D eigenvalue weighted by molar-refractivity contribution is 0.0925. The lowest BCUT2D eigenvalue weighted by Gasteiger charge is -2.23. The summed E-state index contributed by atoms with van der Waals surface area (Å²) in [6.07, 6.45) is 1.18. The zero-order valence-electron chi connectivity index (χ0n) is 17.5. The van der Waals surface area contributed by atoms with Crippen LogP contribution in [0.2, 0.25) is 0 Å². The number of methoxy groups -OCH3 is 1. The van der Waals surface area contributed by atoms with Gasteiger partial charge in [-0.25, -0.2) is 0 Å². The van der Waals surface area contributed by atoms with Gasteiger partial charge in [0.15, 0.2) is 5.96 Å². The average molecular weight is 509 g/mol. The van der Waals surface area contributed by atoms with Gasteiger partial charge in [0.05, 0.1) is 13.2 Å². The van der Waals surface area contributed by atoms with Crippen LogP contribution in [-0.4, -0.2) is 44.7 Å². The Kier molecular flexibility index (Phi) is 9.73. The van der Waals surface area contributed by atoms with Crippen LogP contribution in [0.15, 0.2) is 59.6 Å². The SMILES string of the molecule is CCNC(=NCC1CCOC1c1ccccc1)N(C)Cc1ccc(OC)cc1.I. The van der Waals surface area contributed by atoms with E-state index in [9.17, 15) is 0 Å². The molecule has 0 amide bonds. The quantitative estimate of drug-likeness (QED) is 0.340. The van der Waals surface area contributed by atoms with E-state index in [1.165, 1.54) is 11.1 Å². The van der Waals surface area contributed by atoms with E-state index in [2.05, 4.69) is 60.6 Å². The highest BCUT2D eigenvalue weighted by Gasteiger charge is 2.29. The Morgan fingerprint density at radius 2 is 1.90 bits per heavy atom. The molecule has 158 valence electrons.